The third kappa shape index (κ3) is 2.54. The summed E-state index contributed by atoms with van der Waals surface area (Å²) in [6.07, 6.45) is 11.5. The maximum atomic E-state index is 13.0. The van der Waals surface area contributed by atoms with Gasteiger partial charge >= 0.3 is 0 Å². The SMILES string of the molecule is Cn1cc(-c2cc3nccn3c(-c3cnn(C4(CCF)CNC4)c3)n2)cn1. The van der Waals surface area contributed by atoms with E-state index in [1.54, 1.807) is 23.3 Å². The van der Waals surface area contributed by atoms with Crippen LogP contribution in [0.15, 0.2) is 43.2 Å². The average Bonchev–Trinajstić information content (AvgIpc) is 3.37. The van der Waals surface area contributed by atoms with E-state index in [0.717, 1.165) is 41.4 Å². The highest BCUT2D eigenvalue weighted by Crippen LogP contribution is 2.29. The Labute approximate surface area is 154 Å². The first-order valence-electron chi connectivity index (χ1n) is 8.84. The first-order chi connectivity index (χ1) is 13.2. The second-order valence-electron chi connectivity index (χ2n) is 6.96. The molecule has 4 aromatic rings. The van der Waals surface area contributed by atoms with E-state index in [1.165, 1.54) is 0 Å². The lowest BCUT2D eigenvalue weighted by Gasteiger charge is -2.42. The van der Waals surface area contributed by atoms with Crippen LogP contribution < -0.4 is 5.32 Å². The molecule has 0 aromatic carbocycles. The van der Waals surface area contributed by atoms with Gasteiger partial charge in [-0.15, -0.1) is 0 Å². The van der Waals surface area contributed by atoms with Gasteiger partial charge in [0.2, 0.25) is 0 Å². The molecular weight excluding hydrogens is 347 g/mol. The van der Waals surface area contributed by atoms with Gasteiger partial charge in [-0.25, -0.2) is 9.97 Å². The van der Waals surface area contributed by atoms with E-state index in [4.69, 9.17) is 4.98 Å². The van der Waals surface area contributed by atoms with Crippen molar-refractivity contribution in [1.82, 2.24) is 39.2 Å². The summed E-state index contributed by atoms with van der Waals surface area (Å²) in [6.45, 7) is 1.08. The van der Waals surface area contributed by atoms with Crippen LogP contribution in [0.25, 0.3) is 28.3 Å². The number of rotatable bonds is 5. The minimum absolute atomic E-state index is 0.290. The van der Waals surface area contributed by atoms with Gasteiger partial charge in [0, 0.05) is 63.0 Å². The van der Waals surface area contributed by atoms with Crippen molar-refractivity contribution >= 4 is 5.65 Å². The van der Waals surface area contributed by atoms with Crippen molar-refractivity contribution < 1.29 is 4.39 Å². The van der Waals surface area contributed by atoms with E-state index in [2.05, 4.69) is 20.5 Å². The van der Waals surface area contributed by atoms with Gasteiger partial charge in [0.05, 0.1) is 35.9 Å². The fraction of sp³-hybridized carbons (Fsp3) is 0.333. The number of aromatic nitrogens is 7. The van der Waals surface area contributed by atoms with E-state index in [-0.39, 0.29) is 12.2 Å². The zero-order chi connectivity index (χ0) is 18.4. The summed E-state index contributed by atoms with van der Waals surface area (Å²) >= 11 is 0. The molecule has 0 spiro atoms. The molecule has 0 bridgehead atoms. The molecule has 5 rings (SSSR count). The van der Waals surface area contributed by atoms with Crippen LogP contribution in [-0.4, -0.2) is 53.7 Å². The van der Waals surface area contributed by atoms with Gasteiger partial charge < -0.3 is 5.32 Å². The molecule has 0 radical (unpaired) electrons. The normalized spacial score (nSPS) is 15.9. The summed E-state index contributed by atoms with van der Waals surface area (Å²) in [6, 6.07) is 1.94. The van der Waals surface area contributed by atoms with Gasteiger partial charge in [0.1, 0.15) is 11.5 Å². The van der Waals surface area contributed by atoms with Gasteiger partial charge in [0.25, 0.3) is 0 Å². The molecule has 1 aliphatic heterocycles. The largest absolute Gasteiger partial charge is 0.312 e. The Morgan fingerprint density at radius 3 is 2.74 bits per heavy atom. The summed E-state index contributed by atoms with van der Waals surface area (Å²) in [4.78, 5) is 9.26. The minimum Gasteiger partial charge on any atom is -0.312 e. The van der Waals surface area contributed by atoms with Crippen LogP contribution in [0.1, 0.15) is 6.42 Å². The first kappa shape index (κ1) is 16.1. The van der Waals surface area contributed by atoms with Crippen LogP contribution in [0.2, 0.25) is 0 Å². The molecule has 0 saturated carbocycles. The fourth-order valence-corrected chi connectivity index (χ4v) is 3.57. The standard InChI is InChI=1S/C18H19FN8/c1-25-9-13(7-22-25)15-6-16-21-4-5-26(16)17(24-15)14-8-23-27(10-14)18(2-3-19)11-20-12-18/h4-10,20H,2-3,11-12H2,1H3. The third-order valence-corrected chi connectivity index (χ3v) is 5.19. The summed E-state index contributed by atoms with van der Waals surface area (Å²) in [5.41, 5.74) is 3.11. The van der Waals surface area contributed by atoms with Crippen molar-refractivity contribution in [1.29, 1.82) is 0 Å². The van der Waals surface area contributed by atoms with Crippen molar-refractivity contribution in [3.63, 3.8) is 0 Å². The highest BCUT2D eigenvalue weighted by molar-refractivity contribution is 5.68. The quantitative estimate of drug-likeness (QED) is 0.581. The third-order valence-electron chi connectivity index (χ3n) is 5.19. The van der Waals surface area contributed by atoms with Crippen molar-refractivity contribution in [2.45, 2.75) is 12.0 Å². The molecule has 5 heterocycles. The van der Waals surface area contributed by atoms with Gasteiger partial charge in [0.15, 0.2) is 0 Å². The summed E-state index contributed by atoms with van der Waals surface area (Å²) in [7, 11) is 1.87. The Morgan fingerprint density at radius 2 is 2.04 bits per heavy atom. The van der Waals surface area contributed by atoms with Crippen molar-refractivity contribution in [2.75, 3.05) is 19.8 Å². The molecule has 1 aliphatic rings. The highest BCUT2D eigenvalue weighted by Gasteiger charge is 2.39. The zero-order valence-electron chi connectivity index (χ0n) is 14.9. The van der Waals surface area contributed by atoms with E-state index in [0.29, 0.717) is 6.42 Å². The molecule has 1 saturated heterocycles. The Bertz CT molecular complexity index is 1100. The summed E-state index contributed by atoms with van der Waals surface area (Å²) in [5.74, 6) is 0.748. The molecule has 138 valence electrons. The van der Waals surface area contributed by atoms with Crippen molar-refractivity contribution in [2.24, 2.45) is 7.05 Å². The Morgan fingerprint density at radius 1 is 1.19 bits per heavy atom. The van der Waals surface area contributed by atoms with Crippen LogP contribution in [0.3, 0.4) is 0 Å². The Kier molecular flexibility index (Phi) is 3.57. The number of alkyl halides is 1. The number of nitrogens with one attached hydrogen (secondary N) is 1. The lowest BCUT2D eigenvalue weighted by molar-refractivity contribution is 0.129. The second kappa shape index (κ2) is 5.98. The maximum Gasteiger partial charge on any atom is 0.149 e. The molecular formula is C18H19FN8. The highest BCUT2D eigenvalue weighted by atomic mass is 19.1. The number of fused-ring (bicyclic) bond motifs is 1. The molecule has 9 heteroatoms. The lowest BCUT2D eigenvalue weighted by Crippen LogP contribution is -2.61. The van der Waals surface area contributed by atoms with Crippen LogP contribution in [0.5, 0.6) is 0 Å². The molecule has 1 fully saturated rings. The molecule has 0 unspecified atom stereocenters. The molecule has 27 heavy (non-hydrogen) atoms. The number of hydrogen-bond donors (Lipinski definition) is 1. The van der Waals surface area contributed by atoms with E-state index < -0.39 is 0 Å². The smallest absolute Gasteiger partial charge is 0.149 e. The van der Waals surface area contributed by atoms with Crippen LogP contribution in [0.4, 0.5) is 4.39 Å². The first-order valence-corrected chi connectivity index (χ1v) is 8.84. The molecule has 4 aromatic heterocycles. The van der Waals surface area contributed by atoms with Gasteiger partial charge in [-0.2, -0.15) is 10.2 Å². The molecule has 0 aliphatic carbocycles. The number of hydrogen-bond acceptors (Lipinski definition) is 5. The van der Waals surface area contributed by atoms with Crippen LogP contribution >= 0.6 is 0 Å². The van der Waals surface area contributed by atoms with Crippen LogP contribution in [-0.2, 0) is 12.6 Å². The fourth-order valence-electron chi connectivity index (χ4n) is 3.57. The van der Waals surface area contributed by atoms with Crippen LogP contribution in [0, 0.1) is 0 Å². The number of halogens is 1. The van der Waals surface area contributed by atoms with Crippen molar-refractivity contribution in [3.8, 4) is 22.6 Å². The number of aryl methyl sites for hydroxylation is 1. The summed E-state index contributed by atoms with van der Waals surface area (Å²) < 4.78 is 18.6. The molecule has 8 nitrogen and oxygen atoms in total. The number of imidazole rings is 1. The molecule has 0 atom stereocenters. The maximum absolute atomic E-state index is 13.0. The average molecular weight is 366 g/mol. The van der Waals surface area contributed by atoms with E-state index >= 15 is 0 Å². The predicted octanol–water partition coefficient (Wildman–Crippen LogP) is 1.65. The minimum atomic E-state index is -0.364. The Balaban J connectivity index is 1.62. The Hall–Kier alpha value is -3.07. The zero-order valence-corrected chi connectivity index (χ0v) is 14.9. The van der Waals surface area contributed by atoms with Crippen molar-refractivity contribution in [3.05, 3.63) is 43.2 Å². The van der Waals surface area contributed by atoms with Gasteiger partial charge in [-0.3, -0.25) is 18.2 Å². The molecule has 1 N–H and O–H groups in total. The number of nitrogens with zero attached hydrogens (tertiary/aromatic N) is 7. The monoisotopic (exact) mass is 366 g/mol. The van der Waals surface area contributed by atoms with E-state index in [9.17, 15) is 4.39 Å². The predicted molar refractivity (Wildman–Crippen MR) is 97.8 cm³/mol. The lowest BCUT2D eigenvalue weighted by atomic mass is 9.89. The summed E-state index contributed by atoms with van der Waals surface area (Å²) in [5, 5.41) is 12.0. The topological polar surface area (TPSA) is 77.9 Å². The van der Waals surface area contributed by atoms with E-state index in [1.807, 2.05) is 40.8 Å². The second-order valence-corrected chi connectivity index (χ2v) is 6.96. The van der Waals surface area contributed by atoms with Gasteiger partial charge in [-0.1, -0.05) is 0 Å². The molecule has 0 amide bonds. The van der Waals surface area contributed by atoms with Gasteiger partial charge in [-0.05, 0) is 0 Å².